The van der Waals surface area contributed by atoms with Gasteiger partial charge in [0.25, 0.3) is 0 Å². The Bertz CT molecular complexity index is 419. The summed E-state index contributed by atoms with van der Waals surface area (Å²) >= 11 is 0. The Hall–Kier alpha value is -1.55. The molecular weight excluding hydrogens is 202 g/mol. The quantitative estimate of drug-likeness (QED) is 0.836. The van der Waals surface area contributed by atoms with E-state index in [-0.39, 0.29) is 0 Å². The van der Waals surface area contributed by atoms with Crippen LogP contribution in [-0.4, -0.2) is 15.6 Å². The Morgan fingerprint density at radius 2 is 2.44 bits per heavy atom. The highest BCUT2D eigenvalue weighted by molar-refractivity contribution is 5.14. The van der Waals surface area contributed by atoms with E-state index in [1.807, 2.05) is 18.6 Å². The Balaban J connectivity index is 1.80. The number of hydrogen-bond acceptors (Lipinski definition) is 3. The summed E-state index contributed by atoms with van der Waals surface area (Å²) in [5.74, 6) is 1.01. The lowest BCUT2D eigenvalue weighted by molar-refractivity contribution is 0.426. The van der Waals surface area contributed by atoms with Gasteiger partial charge in [-0.1, -0.05) is 0 Å². The second-order valence-electron chi connectivity index (χ2n) is 4.07. The van der Waals surface area contributed by atoms with Gasteiger partial charge in [-0.05, 0) is 25.5 Å². The normalized spacial score (nSPS) is 12.9. The third-order valence-corrected chi connectivity index (χ3v) is 2.62. The Morgan fingerprint density at radius 1 is 1.56 bits per heavy atom. The number of aryl methyl sites for hydroxylation is 1. The van der Waals surface area contributed by atoms with Crippen molar-refractivity contribution in [2.24, 2.45) is 0 Å². The highest BCUT2D eigenvalue weighted by Crippen LogP contribution is 2.08. The summed E-state index contributed by atoms with van der Waals surface area (Å²) in [4.78, 5) is 4.02. The molecule has 0 fully saturated rings. The van der Waals surface area contributed by atoms with E-state index in [1.54, 1.807) is 12.5 Å². The van der Waals surface area contributed by atoms with E-state index in [0.29, 0.717) is 6.04 Å². The van der Waals surface area contributed by atoms with Crippen LogP contribution in [-0.2, 0) is 13.1 Å². The number of rotatable bonds is 5. The van der Waals surface area contributed by atoms with Crippen molar-refractivity contribution in [2.75, 3.05) is 0 Å². The maximum Gasteiger partial charge on any atom is 0.120 e. The first-order valence-corrected chi connectivity index (χ1v) is 5.48. The maximum absolute atomic E-state index is 5.37. The van der Waals surface area contributed by atoms with Gasteiger partial charge < -0.3 is 14.3 Å². The average Bonchev–Trinajstić information content (AvgIpc) is 2.87. The highest BCUT2D eigenvalue weighted by atomic mass is 16.3. The molecule has 0 saturated carbocycles. The van der Waals surface area contributed by atoms with Crippen molar-refractivity contribution in [3.63, 3.8) is 0 Å². The summed E-state index contributed by atoms with van der Waals surface area (Å²) in [6.45, 7) is 5.90. The van der Waals surface area contributed by atoms with E-state index < -0.39 is 0 Å². The number of nitrogens with one attached hydrogen (secondary N) is 1. The van der Waals surface area contributed by atoms with Crippen LogP contribution in [0.25, 0.3) is 0 Å². The molecule has 0 aliphatic rings. The van der Waals surface area contributed by atoms with Gasteiger partial charge in [-0.25, -0.2) is 4.98 Å². The van der Waals surface area contributed by atoms with Gasteiger partial charge in [0.05, 0.1) is 19.1 Å². The molecule has 1 atom stereocenters. The monoisotopic (exact) mass is 219 g/mol. The fraction of sp³-hybridized carbons (Fsp3) is 0.417. The minimum Gasteiger partial charge on any atom is -0.468 e. The van der Waals surface area contributed by atoms with Crippen LogP contribution in [0.15, 0.2) is 35.5 Å². The maximum atomic E-state index is 5.37. The lowest BCUT2D eigenvalue weighted by atomic mass is 10.2. The molecule has 0 amide bonds. The molecule has 16 heavy (non-hydrogen) atoms. The number of nitrogens with zero attached hydrogens (tertiary/aromatic N) is 2. The second kappa shape index (κ2) is 4.99. The molecule has 2 aromatic heterocycles. The van der Waals surface area contributed by atoms with Crippen molar-refractivity contribution in [1.82, 2.24) is 14.9 Å². The van der Waals surface area contributed by atoms with Crippen LogP contribution in [0.5, 0.6) is 0 Å². The molecule has 0 aliphatic heterocycles. The molecule has 2 heterocycles. The first-order valence-electron chi connectivity index (χ1n) is 5.48. The van der Waals surface area contributed by atoms with Crippen molar-refractivity contribution in [3.8, 4) is 0 Å². The van der Waals surface area contributed by atoms with Crippen molar-refractivity contribution >= 4 is 0 Å². The van der Waals surface area contributed by atoms with E-state index in [9.17, 15) is 0 Å². The second-order valence-corrected chi connectivity index (χ2v) is 4.07. The van der Waals surface area contributed by atoms with Gasteiger partial charge in [-0.15, -0.1) is 0 Å². The number of imidazole rings is 1. The van der Waals surface area contributed by atoms with Gasteiger partial charge in [0.2, 0.25) is 0 Å². The van der Waals surface area contributed by atoms with Gasteiger partial charge in [0.1, 0.15) is 5.76 Å². The molecule has 1 unspecified atom stereocenters. The van der Waals surface area contributed by atoms with Crippen LogP contribution in [0.3, 0.4) is 0 Å². The molecule has 0 bridgehead atoms. The predicted molar refractivity (Wildman–Crippen MR) is 62.0 cm³/mol. The van der Waals surface area contributed by atoms with Crippen molar-refractivity contribution in [1.29, 1.82) is 0 Å². The minimum atomic E-state index is 0.388. The minimum absolute atomic E-state index is 0.388. The molecule has 0 aliphatic carbocycles. The van der Waals surface area contributed by atoms with Crippen LogP contribution in [0.4, 0.5) is 0 Å². The van der Waals surface area contributed by atoms with Crippen molar-refractivity contribution in [3.05, 3.63) is 42.4 Å². The van der Waals surface area contributed by atoms with Crippen molar-refractivity contribution in [2.45, 2.75) is 33.0 Å². The zero-order valence-corrected chi connectivity index (χ0v) is 9.68. The molecule has 86 valence electrons. The van der Waals surface area contributed by atoms with E-state index >= 15 is 0 Å². The molecule has 0 aromatic carbocycles. The number of hydrogen-bond donors (Lipinski definition) is 1. The zero-order valence-electron chi connectivity index (χ0n) is 9.68. The molecule has 1 N–H and O–H groups in total. The highest BCUT2D eigenvalue weighted by Gasteiger charge is 2.05. The summed E-state index contributed by atoms with van der Waals surface area (Å²) in [5, 5.41) is 3.42. The Morgan fingerprint density at radius 3 is 3.06 bits per heavy atom. The topological polar surface area (TPSA) is 43.0 Å². The van der Waals surface area contributed by atoms with E-state index in [4.69, 9.17) is 4.42 Å². The summed E-state index contributed by atoms with van der Waals surface area (Å²) in [6.07, 6.45) is 7.32. The molecule has 4 heteroatoms. The van der Waals surface area contributed by atoms with Gasteiger partial charge in [-0.2, -0.15) is 0 Å². The van der Waals surface area contributed by atoms with E-state index in [2.05, 4.69) is 28.7 Å². The Kier molecular flexibility index (Phi) is 3.41. The summed E-state index contributed by atoms with van der Waals surface area (Å²) in [5.41, 5.74) is 1.20. The SMILES string of the molecule is Cc1ccoc1CNC(C)Cn1ccnc1. The Labute approximate surface area is 95.3 Å². The zero-order chi connectivity index (χ0) is 11.4. The van der Waals surface area contributed by atoms with Gasteiger partial charge in [-0.3, -0.25) is 0 Å². The molecular formula is C12H17N3O. The van der Waals surface area contributed by atoms with E-state index in [0.717, 1.165) is 18.8 Å². The fourth-order valence-corrected chi connectivity index (χ4v) is 1.63. The number of furan rings is 1. The first-order chi connectivity index (χ1) is 7.75. The third-order valence-electron chi connectivity index (χ3n) is 2.62. The molecule has 4 nitrogen and oxygen atoms in total. The molecule has 0 saturated heterocycles. The average molecular weight is 219 g/mol. The molecule has 0 radical (unpaired) electrons. The van der Waals surface area contributed by atoms with Gasteiger partial charge in [0.15, 0.2) is 0 Å². The molecule has 2 rings (SSSR count). The first kappa shape index (κ1) is 11.0. The van der Waals surface area contributed by atoms with Crippen LogP contribution in [0.2, 0.25) is 0 Å². The molecule has 2 aromatic rings. The van der Waals surface area contributed by atoms with Gasteiger partial charge in [0, 0.05) is 25.0 Å². The van der Waals surface area contributed by atoms with Crippen molar-refractivity contribution < 1.29 is 4.42 Å². The molecule has 0 spiro atoms. The van der Waals surface area contributed by atoms with E-state index in [1.165, 1.54) is 5.56 Å². The van der Waals surface area contributed by atoms with Crippen LogP contribution in [0.1, 0.15) is 18.2 Å². The lowest BCUT2D eigenvalue weighted by Crippen LogP contribution is -2.29. The van der Waals surface area contributed by atoms with Crippen LogP contribution in [0, 0.1) is 6.92 Å². The largest absolute Gasteiger partial charge is 0.468 e. The summed E-state index contributed by atoms with van der Waals surface area (Å²) < 4.78 is 7.43. The third kappa shape index (κ3) is 2.73. The smallest absolute Gasteiger partial charge is 0.120 e. The van der Waals surface area contributed by atoms with Gasteiger partial charge >= 0.3 is 0 Å². The fourth-order valence-electron chi connectivity index (χ4n) is 1.63. The number of aromatic nitrogens is 2. The van der Waals surface area contributed by atoms with Crippen LogP contribution >= 0.6 is 0 Å². The predicted octanol–water partition coefficient (Wildman–Crippen LogP) is 1.96. The summed E-state index contributed by atoms with van der Waals surface area (Å²) in [7, 11) is 0. The van der Waals surface area contributed by atoms with Crippen LogP contribution < -0.4 is 5.32 Å². The standard InChI is InChI=1S/C12H17N3O/c1-10-3-6-16-12(10)7-14-11(2)8-15-5-4-13-9-15/h3-6,9,11,14H,7-8H2,1-2H3. The lowest BCUT2D eigenvalue weighted by Gasteiger charge is -2.13. The summed E-state index contributed by atoms with van der Waals surface area (Å²) in [6, 6.07) is 2.37.